The summed E-state index contributed by atoms with van der Waals surface area (Å²) in [7, 11) is 1.53. The van der Waals surface area contributed by atoms with Crippen molar-refractivity contribution < 1.29 is 14.3 Å². The average Bonchev–Trinajstić information content (AvgIpc) is 2.58. The molecule has 0 atom stereocenters. The molecule has 1 N–H and O–H groups in total. The van der Waals surface area contributed by atoms with E-state index in [9.17, 15) is 9.59 Å². The van der Waals surface area contributed by atoms with E-state index in [0.717, 1.165) is 5.56 Å². The van der Waals surface area contributed by atoms with Gasteiger partial charge in [-0.25, -0.2) is 9.78 Å². The molecule has 16 heavy (non-hydrogen) atoms. The first kappa shape index (κ1) is 10.4. The summed E-state index contributed by atoms with van der Waals surface area (Å²) in [5.41, 5.74) is 0.872. The molecule has 6 heteroatoms. The smallest absolute Gasteiger partial charge is 0.324 e. The van der Waals surface area contributed by atoms with Crippen LogP contribution < -0.4 is 10.1 Å². The maximum atomic E-state index is 11.3. The molecule has 2 rings (SSSR count). The zero-order valence-corrected chi connectivity index (χ0v) is 8.77. The number of nitrogens with zero attached hydrogens (tertiary/aromatic N) is 2. The number of aromatic nitrogens is 1. The number of methoxy groups -OCH3 is 1. The SMILES string of the molecule is COc1cc(CN2CC(=O)NC2=O)ccn1. The number of urea groups is 1. The van der Waals surface area contributed by atoms with E-state index in [-0.39, 0.29) is 18.5 Å². The molecule has 1 aromatic rings. The van der Waals surface area contributed by atoms with Crippen molar-refractivity contribution in [3.8, 4) is 5.88 Å². The van der Waals surface area contributed by atoms with Crippen molar-refractivity contribution in [1.82, 2.24) is 15.2 Å². The first-order chi connectivity index (χ1) is 7.69. The minimum atomic E-state index is -0.360. The van der Waals surface area contributed by atoms with Crippen LogP contribution in [0.2, 0.25) is 0 Å². The molecular formula is C10H11N3O3. The summed E-state index contributed by atoms with van der Waals surface area (Å²) in [5.74, 6) is 0.217. The fourth-order valence-electron chi connectivity index (χ4n) is 1.49. The zero-order chi connectivity index (χ0) is 11.5. The van der Waals surface area contributed by atoms with Gasteiger partial charge >= 0.3 is 6.03 Å². The summed E-state index contributed by atoms with van der Waals surface area (Å²) in [6, 6.07) is 3.15. The lowest BCUT2D eigenvalue weighted by Crippen LogP contribution is -2.27. The van der Waals surface area contributed by atoms with Crippen molar-refractivity contribution in [3.63, 3.8) is 0 Å². The van der Waals surface area contributed by atoms with Crippen molar-refractivity contribution in [3.05, 3.63) is 23.9 Å². The molecule has 0 aromatic carbocycles. The number of pyridine rings is 1. The van der Waals surface area contributed by atoms with Gasteiger partial charge in [0.2, 0.25) is 11.8 Å². The number of imide groups is 1. The van der Waals surface area contributed by atoms with Gasteiger partial charge in [0, 0.05) is 18.8 Å². The largest absolute Gasteiger partial charge is 0.481 e. The Morgan fingerprint density at radius 3 is 3.00 bits per heavy atom. The Kier molecular flexibility index (Phi) is 2.72. The Morgan fingerprint density at radius 2 is 2.38 bits per heavy atom. The summed E-state index contributed by atoms with van der Waals surface area (Å²) in [5, 5.41) is 2.22. The molecule has 0 aliphatic carbocycles. The molecule has 6 nitrogen and oxygen atoms in total. The van der Waals surface area contributed by atoms with Gasteiger partial charge < -0.3 is 9.64 Å². The number of carbonyl (C=O) groups excluding carboxylic acids is 2. The van der Waals surface area contributed by atoms with Crippen LogP contribution in [0.1, 0.15) is 5.56 Å². The Morgan fingerprint density at radius 1 is 1.56 bits per heavy atom. The van der Waals surface area contributed by atoms with Crippen LogP contribution in [-0.4, -0.2) is 35.5 Å². The fourth-order valence-corrected chi connectivity index (χ4v) is 1.49. The number of hydrogen-bond donors (Lipinski definition) is 1. The van der Waals surface area contributed by atoms with Crippen LogP contribution in [0.5, 0.6) is 5.88 Å². The summed E-state index contributed by atoms with van der Waals surface area (Å²) < 4.78 is 4.97. The van der Waals surface area contributed by atoms with Crippen molar-refractivity contribution in [1.29, 1.82) is 0 Å². The van der Waals surface area contributed by atoms with E-state index in [2.05, 4.69) is 10.3 Å². The Labute approximate surface area is 92.2 Å². The number of hydrogen-bond acceptors (Lipinski definition) is 4. The lowest BCUT2D eigenvalue weighted by Gasteiger charge is -2.13. The second kappa shape index (κ2) is 4.18. The van der Waals surface area contributed by atoms with E-state index in [1.54, 1.807) is 18.3 Å². The first-order valence-corrected chi connectivity index (χ1v) is 4.76. The fraction of sp³-hybridized carbons (Fsp3) is 0.300. The van der Waals surface area contributed by atoms with Gasteiger partial charge in [-0.05, 0) is 11.6 Å². The van der Waals surface area contributed by atoms with Gasteiger partial charge in [-0.1, -0.05) is 0 Å². The molecule has 0 unspecified atom stereocenters. The molecule has 2 heterocycles. The molecule has 1 fully saturated rings. The van der Waals surface area contributed by atoms with E-state index in [1.165, 1.54) is 12.0 Å². The molecule has 0 spiro atoms. The molecule has 3 amide bonds. The highest BCUT2D eigenvalue weighted by atomic mass is 16.5. The summed E-state index contributed by atoms with van der Waals surface area (Å²) >= 11 is 0. The zero-order valence-electron chi connectivity index (χ0n) is 8.77. The van der Waals surface area contributed by atoms with E-state index in [4.69, 9.17) is 4.74 Å². The molecule has 0 bridgehead atoms. The Balaban J connectivity index is 2.09. The lowest BCUT2D eigenvalue weighted by atomic mass is 10.2. The van der Waals surface area contributed by atoms with Gasteiger partial charge in [0.1, 0.15) is 6.54 Å². The molecule has 1 aliphatic rings. The van der Waals surface area contributed by atoms with E-state index >= 15 is 0 Å². The lowest BCUT2D eigenvalue weighted by molar-refractivity contribution is -0.118. The maximum Gasteiger partial charge on any atom is 0.324 e. The summed E-state index contributed by atoms with van der Waals surface area (Å²) in [6.45, 7) is 0.472. The van der Waals surface area contributed by atoms with Crippen LogP contribution in [-0.2, 0) is 11.3 Å². The molecule has 1 saturated heterocycles. The van der Waals surface area contributed by atoms with Gasteiger partial charge in [0.25, 0.3) is 0 Å². The van der Waals surface area contributed by atoms with Crippen LogP contribution in [0.25, 0.3) is 0 Å². The number of ether oxygens (including phenoxy) is 1. The number of carbonyl (C=O) groups is 2. The predicted octanol–water partition coefficient (Wildman–Crippen LogP) is 0.142. The molecule has 84 valence electrons. The normalized spacial score (nSPS) is 15.2. The standard InChI is InChI=1S/C10H11N3O3/c1-16-9-4-7(2-3-11-9)5-13-6-8(14)12-10(13)15/h2-4H,5-6H2,1H3,(H,12,14,15). The minimum absolute atomic E-state index is 0.101. The van der Waals surface area contributed by atoms with E-state index < -0.39 is 0 Å². The highest BCUT2D eigenvalue weighted by Crippen LogP contribution is 2.12. The van der Waals surface area contributed by atoms with Gasteiger partial charge in [0.15, 0.2) is 0 Å². The predicted molar refractivity (Wildman–Crippen MR) is 54.7 cm³/mol. The molecule has 0 radical (unpaired) electrons. The third-order valence-electron chi connectivity index (χ3n) is 2.25. The number of rotatable bonds is 3. The summed E-state index contributed by atoms with van der Waals surface area (Å²) in [4.78, 5) is 27.6. The van der Waals surface area contributed by atoms with Gasteiger partial charge in [-0.3, -0.25) is 10.1 Å². The Hall–Kier alpha value is -2.11. The number of nitrogens with one attached hydrogen (secondary N) is 1. The van der Waals surface area contributed by atoms with E-state index in [1.807, 2.05) is 0 Å². The summed E-state index contributed by atoms with van der Waals surface area (Å²) in [6.07, 6.45) is 1.60. The molecule has 1 aliphatic heterocycles. The Bertz CT molecular complexity index is 433. The van der Waals surface area contributed by atoms with Crippen LogP contribution >= 0.6 is 0 Å². The molecule has 0 saturated carbocycles. The van der Waals surface area contributed by atoms with Gasteiger partial charge in [-0.15, -0.1) is 0 Å². The maximum absolute atomic E-state index is 11.3. The van der Waals surface area contributed by atoms with Crippen molar-refractivity contribution in [2.75, 3.05) is 13.7 Å². The van der Waals surface area contributed by atoms with Crippen molar-refractivity contribution in [2.24, 2.45) is 0 Å². The van der Waals surface area contributed by atoms with Crippen LogP contribution in [0, 0.1) is 0 Å². The third-order valence-corrected chi connectivity index (χ3v) is 2.25. The van der Waals surface area contributed by atoms with E-state index in [0.29, 0.717) is 12.4 Å². The highest BCUT2D eigenvalue weighted by molar-refractivity contribution is 6.01. The first-order valence-electron chi connectivity index (χ1n) is 4.76. The average molecular weight is 221 g/mol. The highest BCUT2D eigenvalue weighted by Gasteiger charge is 2.26. The van der Waals surface area contributed by atoms with Crippen molar-refractivity contribution in [2.45, 2.75) is 6.54 Å². The topological polar surface area (TPSA) is 71.5 Å². The number of amides is 3. The second-order valence-corrected chi connectivity index (χ2v) is 3.42. The quantitative estimate of drug-likeness (QED) is 0.737. The molecule has 1 aromatic heterocycles. The second-order valence-electron chi connectivity index (χ2n) is 3.42. The van der Waals surface area contributed by atoms with Crippen LogP contribution in [0.4, 0.5) is 4.79 Å². The monoisotopic (exact) mass is 221 g/mol. The minimum Gasteiger partial charge on any atom is -0.481 e. The van der Waals surface area contributed by atoms with Gasteiger partial charge in [-0.2, -0.15) is 0 Å². The van der Waals surface area contributed by atoms with Crippen LogP contribution in [0.15, 0.2) is 18.3 Å². The van der Waals surface area contributed by atoms with Crippen LogP contribution in [0.3, 0.4) is 0 Å². The molecular weight excluding hydrogens is 210 g/mol. The third kappa shape index (κ3) is 2.10. The van der Waals surface area contributed by atoms with Crippen molar-refractivity contribution >= 4 is 11.9 Å². The van der Waals surface area contributed by atoms with Gasteiger partial charge in [0.05, 0.1) is 7.11 Å².